The summed E-state index contributed by atoms with van der Waals surface area (Å²) in [4.78, 5) is 19.4. The first-order valence-electron chi connectivity index (χ1n) is 9.45. The molecule has 2 aliphatic rings. The van der Waals surface area contributed by atoms with Crippen LogP contribution in [-0.2, 0) is 4.79 Å². The average molecular weight is 400 g/mol. The third-order valence-corrected chi connectivity index (χ3v) is 4.95. The molecule has 0 spiro atoms. The molecule has 0 aromatic heterocycles. The van der Waals surface area contributed by atoms with Crippen molar-refractivity contribution >= 4 is 23.5 Å². The van der Waals surface area contributed by atoms with Gasteiger partial charge in [0.15, 0.2) is 11.5 Å². The average Bonchev–Trinajstić information content (AvgIpc) is 3.34. The Bertz CT molecular complexity index is 1200. The van der Waals surface area contributed by atoms with Crippen LogP contribution in [0.2, 0.25) is 0 Å². The highest BCUT2D eigenvalue weighted by Crippen LogP contribution is 2.34. The van der Waals surface area contributed by atoms with Gasteiger partial charge in [-0.2, -0.15) is 0 Å². The van der Waals surface area contributed by atoms with Crippen molar-refractivity contribution in [3.05, 3.63) is 94.9 Å². The molecule has 2 heterocycles. The number of carbonyl (C=O) groups is 1. The summed E-state index contributed by atoms with van der Waals surface area (Å²) in [7, 11) is 0. The molecule has 0 atom stereocenters. The Balaban J connectivity index is 1.59. The number of benzene rings is 3. The van der Waals surface area contributed by atoms with E-state index in [1.165, 1.54) is 17.0 Å². The van der Waals surface area contributed by atoms with E-state index in [0.717, 1.165) is 16.7 Å². The van der Waals surface area contributed by atoms with Crippen molar-refractivity contribution in [2.45, 2.75) is 6.92 Å². The molecule has 0 saturated heterocycles. The van der Waals surface area contributed by atoms with E-state index in [2.05, 4.69) is 4.99 Å². The fourth-order valence-corrected chi connectivity index (χ4v) is 3.40. The van der Waals surface area contributed by atoms with Crippen LogP contribution < -0.4 is 14.4 Å². The van der Waals surface area contributed by atoms with Crippen molar-refractivity contribution in [1.29, 1.82) is 0 Å². The lowest BCUT2D eigenvalue weighted by molar-refractivity contribution is -0.113. The van der Waals surface area contributed by atoms with Gasteiger partial charge in [-0.1, -0.05) is 35.9 Å². The predicted octanol–water partition coefficient (Wildman–Crippen LogP) is 4.70. The quantitative estimate of drug-likeness (QED) is 0.599. The number of rotatable bonds is 3. The maximum Gasteiger partial charge on any atom is 0.282 e. The SMILES string of the molecule is Cc1ccc(C2=N/C(=C/c3ccc4c(c3)OCO4)C(=O)N2c2ccc(F)cc2)cc1. The van der Waals surface area contributed by atoms with Crippen molar-refractivity contribution < 1.29 is 18.7 Å². The van der Waals surface area contributed by atoms with Crippen molar-refractivity contribution in [2.24, 2.45) is 4.99 Å². The van der Waals surface area contributed by atoms with Gasteiger partial charge in [-0.25, -0.2) is 9.38 Å². The van der Waals surface area contributed by atoms with E-state index >= 15 is 0 Å². The first-order valence-corrected chi connectivity index (χ1v) is 9.45. The summed E-state index contributed by atoms with van der Waals surface area (Å²) in [6.45, 7) is 2.18. The second-order valence-electron chi connectivity index (χ2n) is 7.06. The maximum atomic E-state index is 13.4. The van der Waals surface area contributed by atoms with E-state index in [4.69, 9.17) is 9.47 Å². The molecule has 3 aromatic rings. The summed E-state index contributed by atoms with van der Waals surface area (Å²) in [6, 6.07) is 19.0. The number of aliphatic imine (C=N–C) groups is 1. The second-order valence-corrected chi connectivity index (χ2v) is 7.06. The zero-order valence-electron chi connectivity index (χ0n) is 16.1. The number of fused-ring (bicyclic) bond motifs is 1. The van der Waals surface area contributed by atoms with Crippen LogP contribution in [0.1, 0.15) is 16.7 Å². The highest BCUT2D eigenvalue weighted by Gasteiger charge is 2.32. The van der Waals surface area contributed by atoms with Crippen LogP contribution in [0.5, 0.6) is 11.5 Å². The van der Waals surface area contributed by atoms with Crippen LogP contribution in [0.25, 0.3) is 6.08 Å². The van der Waals surface area contributed by atoms with Crippen LogP contribution in [0, 0.1) is 12.7 Å². The standard InChI is InChI=1S/C24H17FN2O3/c1-15-2-5-17(6-3-15)23-26-20(12-16-4-11-21-22(13-16)30-14-29-21)24(28)27(23)19-9-7-18(25)8-10-19/h2-13H,14H2,1H3/b20-12+. The second kappa shape index (κ2) is 7.15. The minimum absolute atomic E-state index is 0.183. The molecule has 148 valence electrons. The predicted molar refractivity (Wildman–Crippen MR) is 112 cm³/mol. The van der Waals surface area contributed by atoms with E-state index in [1.807, 2.05) is 43.3 Å². The number of ether oxygens (including phenoxy) is 2. The Hall–Kier alpha value is -3.93. The third kappa shape index (κ3) is 3.22. The monoisotopic (exact) mass is 400 g/mol. The number of anilines is 1. The summed E-state index contributed by atoms with van der Waals surface area (Å²) in [5, 5.41) is 0. The number of amides is 1. The minimum Gasteiger partial charge on any atom is -0.454 e. The molecule has 0 N–H and O–H groups in total. The molecule has 0 aliphatic carbocycles. The first-order chi connectivity index (χ1) is 14.6. The Morgan fingerprint density at radius 1 is 0.967 bits per heavy atom. The van der Waals surface area contributed by atoms with Gasteiger partial charge in [-0.3, -0.25) is 9.69 Å². The van der Waals surface area contributed by atoms with E-state index in [-0.39, 0.29) is 24.2 Å². The number of halogens is 1. The summed E-state index contributed by atoms with van der Waals surface area (Å²) in [5.41, 5.74) is 3.51. The smallest absolute Gasteiger partial charge is 0.282 e. The van der Waals surface area contributed by atoms with Crippen molar-refractivity contribution in [2.75, 3.05) is 11.7 Å². The molecule has 2 aliphatic heterocycles. The minimum atomic E-state index is -0.365. The maximum absolute atomic E-state index is 13.4. The molecule has 0 unspecified atom stereocenters. The lowest BCUT2D eigenvalue weighted by Crippen LogP contribution is -2.32. The van der Waals surface area contributed by atoms with Crippen LogP contribution >= 0.6 is 0 Å². The van der Waals surface area contributed by atoms with Gasteiger partial charge in [-0.15, -0.1) is 0 Å². The highest BCUT2D eigenvalue weighted by atomic mass is 19.1. The number of hydrogen-bond donors (Lipinski definition) is 0. The Morgan fingerprint density at radius 3 is 2.47 bits per heavy atom. The normalized spacial score (nSPS) is 16.3. The molecule has 30 heavy (non-hydrogen) atoms. The van der Waals surface area contributed by atoms with Gasteiger partial charge in [0.25, 0.3) is 5.91 Å². The summed E-state index contributed by atoms with van der Waals surface area (Å²) < 4.78 is 24.2. The van der Waals surface area contributed by atoms with E-state index in [1.54, 1.807) is 24.3 Å². The fourth-order valence-electron chi connectivity index (χ4n) is 3.40. The largest absolute Gasteiger partial charge is 0.454 e. The van der Waals surface area contributed by atoms with Gasteiger partial charge >= 0.3 is 0 Å². The molecule has 6 heteroatoms. The topological polar surface area (TPSA) is 51.1 Å². The van der Waals surface area contributed by atoms with Gasteiger partial charge in [0.05, 0.1) is 5.69 Å². The molecular weight excluding hydrogens is 383 g/mol. The number of amidine groups is 1. The summed E-state index contributed by atoms with van der Waals surface area (Å²) >= 11 is 0. The third-order valence-electron chi connectivity index (χ3n) is 4.95. The molecular formula is C24H17FN2O3. The number of aryl methyl sites for hydroxylation is 1. The van der Waals surface area contributed by atoms with Crippen molar-refractivity contribution in [1.82, 2.24) is 0 Å². The zero-order chi connectivity index (χ0) is 20.7. The van der Waals surface area contributed by atoms with Crippen LogP contribution in [0.3, 0.4) is 0 Å². The number of hydrogen-bond acceptors (Lipinski definition) is 4. The lowest BCUT2D eigenvalue weighted by Gasteiger charge is -2.18. The molecule has 0 fully saturated rings. The van der Waals surface area contributed by atoms with Crippen LogP contribution in [0.15, 0.2) is 77.4 Å². The molecule has 5 rings (SSSR count). The number of nitrogens with zero attached hydrogens (tertiary/aromatic N) is 2. The lowest BCUT2D eigenvalue weighted by atomic mass is 10.1. The van der Waals surface area contributed by atoms with E-state index < -0.39 is 0 Å². The molecule has 3 aromatic carbocycles. The zero-order valence-corrected chi connectivity index (χ0v) is 16.1. The van der Waals surface area contributed by atoms with Crippen LogP contribution in [0.4, 0.5) is 10.1 Å². The molecule has 0 saturated carbocycles. The molecule has 0 radical (unpaired) electrons. The van der Waals surface area contributed by atoms with Gasteiger partial charge in [-0.05, 0) is 55.0 Å². The number of carbonyl (C=O) groups excluding carboxylic acids is 1. The van der Waals surface area contributed by atoms with Gasteiger partial charge in [0, 0.05) is 5.56 Å². The first kappa shape index (κ1) is 18.1. The van der Waals surface area contributed by atoms with Gasteiger partial charge < -0.3 is 9.47 Å². The summed E-state index contributed by atoms with van der Waals surface area (Å²) in [5.74, 6) is 1.16. The molecule has 0 bridgehead atoms. The fraction of sp³-hybridized carbons (Fsp3) is 0.0833. The van der Waals surface area contributed by atoms with Crippen molar-refractivity contribution in [3.63, 3.8) is 0 Å². The van der Waals surface area contributed by atoms with Gasteiger partial charge in [0.2, 0.25) is 6.79 Å². The van der Waals surface area contributed by atoms with E-state index in [0.29, 0.717) is 23.0 Å². The molecule has 1 amide bonds. The van der Waals surface area contributed by atoms with Crippen molar-refractivity contribution in [3.8, 4) is 11.5 Å². The Kier molecular flexibility index (Phi) is 4.32. The van der Waals surface area contributed by atoms with Crippen LogP contribution in [-0.4, -0.2) is 18.5 Å². The Labute approximate surface area is 172 Å². The van der Waals surface area contributed by atoms with E-state index in [9.17, 15) is 9.18 Å². The van der Waals surface area contributed by atoms with Gasteiger partial charge in [0.1, 0.15) is 17.3 Å². The highest BCUT2D eigenvalue weighted by molar-refractivity contribution is 6.33. The summed E-state index contributed by atoms with van der Waals surface area (Å²) in [6.07, 6.45) is 1.71. The Morgan fingerprint density at radius 2 is 1.70 bits per heavy atom. The molecule has 5 nitrogen and oxygen atoms in total.